The van der Waals surface area contributed by atoms with Gasteiger partial charge in [-0.15, -0.1) is 0 Å². The Morgan fingerprint density at radius 2 is 1.76 bits per heavy atom. The minimum Gasteiger partial charge on any atom is -0.320 e. The zero-order valence-electron chi connectivity index (χ0n) is 14.1. The molecule has 0 bridgehead atoms. The average molecular weight is 287 g/mol. The number of rotatable bonds is 12. The third-order valence-electron chi connectivity index (χ3n) is 4.10. The Balaban J connectivity index is 2.41. The summed E-state index contributed by atoms with van der Waals surface area (Å²) in [7, 11) is 2.03. The molecule has 0 unspecified atom stereocenters. The molecule has 0 heterocycles. The van der Waals surface area contributed by atoms with E-state index < -0.39 is 0 Å². The third kappa shape index (κ3) is 7.47. The van der Waals surface area contributed by atoms with Crippen LogP contribution in [0.3, 0.4) is 0 Å². The molecule has 0 spiro atoms. The molecule has 1 nitrogen and oxygen atoms in total. The van der Waals surface area contributed by atoms with Crippen molar-refractivity contribution in [3.8, 4) is 0 Å². The van der Waals surface area contributed by atoms with E-state index in [9.17, 15) is 0 Å². The lowest BCUT2D eigenvalue weighted by Crippen LogP contribution is -2.06. The van der Waals surface area contributed by atoms with Gasteiger partial charge >= 0.3 is 0 Å². The van der Waals surface area contributed by atoms with Crippen molar-refractivity contribution in [2.45, 2.75) is 64.7 Å². The van der Waals surface area contributed by atoms with Crippen molar-refractivity contribution in [1.82, 2.24) is 5.32 Å². The number of hydrogen-bond acceptors (Lipinski definition) is 1. The predicted octanol–water partition coefficient (Wildman–Crippen LogP) is 5.60. The number of aryl methyl sites for hydroxylation is 1. The lowest BCUT2D eigenvalue weighted by atomic mass is 9.93. The zero-order valence-corrected chi connectivity index (χ0v) is 14.1. The minimum absolute atomic E-state index is 1.14. The Morgan fingerprint density at radius 1 is 1.00 bits per heavy atom. The summed E-state index contributed by atoms with van der Waals surface area (Å²) in [5.41, 5.74) is 4.23. The highest BCUT2D eigenvalue weighted by atomic mass is 14.8. The third-order valence-corrected chi connectivity index (χ3v) is 4.10. The van der Waals surface area contributed by atoms with E-state index in [0.717, 1.165) is 13.0 Å². The van der Waals surface area contributed by atoms with Crippen molar-refractivity contribution >= 4 is 5.57 Å². The summed E-state index contributed by atoms with van der Waals surface area (Å²) >= 11 is 0. The van der Waals surface area contributed by atoms with E-state index in [1.54, 1.807) is 0 Å². The maximum atomic E-state index is 4.32. The lowest BCUT2D eigenvalue weighted by molar-refractivity contribution is 0.616. The second-order valence-corrected chi connectivity index (χ2v) is 5.99. The predicted molar refractivity (Wildman–Crippen MR) is 95.7 cm³/mol. The van der Waals surface area contributed by atoms with E-state index in [1.807, 2.05) is 7.05 Å². The van der Waals surface area contributed by atoms with E-state index in [0.29, 0.717) is 0 Å². The van der Waals surface area contributed by atoms with Gasteiger partial charge in [0.05, 0.1) is 0 Å². The molecule has 0 saturated heterocycles. The van der Waals surface area contributed by atoms with Crippen molar-refractivity contribution in [1.29, 1.82) is 0 Å². The van der Waals surface area contributed by atoms with Gasteiger partial charge < -0.3 is 5.32 Å². The lowest BCUT2D eigenvalue weighted by Gasteiger charge is -2.12. The Hall–Kier alpha value is -1.08. The molecule has 0 aliphatic rings. The molecule has 1 heteroatoms. The molecule has 1 aromatic carbocycles. The van der Waals surface area contributed by atoms with Crippen LogP contribution in [-0.2, 0) is 6.42 Å². The highest BCUT2D eigenvalue weighted by molar-refractivity contribution is 5.66. The quantitative estimate of drug-likeness (QED) is 0.493. The smallest absolute Gasteiger partial charge is 0.00519 e. The molecule has 0 atom stereocenters. The van der Waals surface area contributed by atoms with Gasteiger partial charge in [0, 0.05) is 0 Å². The topological polar surface area (TPSA) is 12.0 Å². The van der Waals surface area contributed by atoms with E-state index in [2.05, 4.69) is 43.1 Å². The molecule has 118 valence electrons. The summed E-state index contributed by atoms with van der Waals surface area (Å²) in [4.78, 5) is 0. The fourth-order valence-electron chi connectivity index (χ4n) is 2.78. The van der Waals surface area contributed by atoms with E-state index >= 15 is 0 Å². The summed E-state index contributed by atoms with van der Waals surface area (Å²) in [6.07, 6.45) is 11.5. The fraction of sp³-hybridized carbons (Fsp3) is 0.600. The molecule has 0 aliphatic heterocycles. The Morgan fingerprint density at radius 3 is 2.52 bits per heavy atom. The van der Waals surface area contributed by atoms with Crippen LogP contribution in [0.2, 0.25) is 0 Å². The first-order valence-electron chi connectivity index (χ1n) is 8.70. The summed E-state index contributed by atoms with van der Waals surface area (Å²) < 4.78 is 0. The Labute approximate surface area is 131 Å². The molecule has 0 saturated carbocycles. The van der Waals surface area contributed by atoms with Crippen molar-refractivity contribution in [2.75, 3.05) is 13.6 Å². The van der Waals surface area contributed by atoms with Crippen molar-refractivity contribution in [3.63, 3.8) is 0 Å². The van der Waals surface area contributed by atoms with Crippen LogP contribution in [-0.4, -0.2) is 13.6 Å². The Bertz CT molecular complexity index is 395. The highest BCUT2D eigenvalue weighted by Crippen LogP contribution is 2.24. The molecule has 0 amide bonds. The maximum absolute atomic E-state index is 4.32. The van der Waals surface area contributed by atoms with Gasteiger partial charge in [-0.2, -0.15) is 0 Å². The fourth-order valence-corrected chi connectivity index (χ4v) is 2.78. The molecular formula is C20H33N. The molecular weight excluding hydrogens is 254 g/mol. The summed E-state index contributed by atoms with van der Waals surface area (Å²) in [5.74, 6) is 0. The molecule has 1 aromatic rings. The molecule has 1 N–H and O–H groups in total. The maximum Gasteiger partial charge on any atom is -0.00519 e. The Kier molecular flexibility index (Phi) is 9.90. The van der Waals surface area contributed by atoms with Gasteiger partial charge in [-0.05, 0) is 62.4 Å². The highest BCUT2D eigenvalue weighted by Gasteiger charge is 2.05. The van der Waals surface area contributed by atoms with Crippen LogP contribution in [0.4, 0.5) is 0 Å². The van der Waals surface area contributed by atoms with Gasteiger partial charge in [0.2, 0.25) is 0 Å². The number of unbranched alkanes of at least 4 members (excludes halogenated alkanes) is 5. The first kappa shape index (κ1) is 18.0. The van der Waals surface area contributed by atoms with Crippen LogP contribution in [0, 0.1) is 0 Å². The second kappa shape index (κ2) is 11.6. The van der Waals surface area contributed by atoms with Gasteiger partial charge in [0.25, 0.3) is 0 Å². The van der Waals surface area contributed by atoms with Gasteiger partial charge in [-0.1, -0.05) is 63.5 Å². The van der Waals surface area contributed by atoms with E-state index in [-0.39, 0.29) is 0 Å². The van der Waals surface area contributed by atoms with Crippen LogP contribution in [0.1, 0.15) is 69.4 Å². The number of nitrogens with one attached hydrogen (secondary N) is 1. The molecule has 0 radical (unpaired) electrons. The molecule has 21 heavy (non-hydrogen) atoms. The normalized spacial score (nSPS) is 10.8. The first-order chi connectivity index (χ1) is 10.3. The number of hydrogen-bond donors (Lipinski definition) is 1. The van der Waals surface area contributed by atoms with Crippen molar-refractivity contribution in [2.24, 2.45) is 0 Å². The largest absolute Gasteiger partial charge is 0.320 e. The van der Waals surface area contributed by atoms with Crippen LogP contribution in [0.5, 0.6) is 0 Å². The van der Waals surface area contributed by atoms with Crippen molar-refractivity contribution in [3.05, 3.63) is 42.0 Å². The van der Waals surface area contributed by atoms with Crippen LogP contribution in [0.25, 0.3) is 5.57 Å². The first-order valence-corrected chi connectivity index (χ1v) is 8.70. The van der Waals surface area contributed by atoms with Gasteiger partial charge in [0.1, 0.15) is 0 Å². The molecule has 0 aliphatic carbocycles. The number of allylic oxidation sites excluding steroid dienone is 1. The SMILES string of the molecule is C=C(CCCCC)c1ccccc1CCCCCCNC. The number of benzene rings is 1. The van der Waals surface area contributed by atoms with E-state index in [1.165, 1.54) is 68.1 Å². The van der Waals surface area contributed by atoms with Gasteiger partial charge in [-0.3, -0.25) is 0 Å². The molecule has 0 aromatic heterocycles. The minimum atomic E-state index is 1.14. The van der Waals surface area contributed by atoms with Gasteiger partial charge in [0.15, 0.2) is 0 Å². The zero-order chi connectivity index (χ0) is 15.3. The summed E-state index contributed by atoms with van der Waals surface area (Å²) in [5, 5.41) is 3.21. The van der Waals surface area contributed by atoms with E-state index in [4.69, 9.17) is 0 Å². The monoisotopic (exact) mass is 287 g/mol. The second-order valence-electron chi connectivity index (χ2n) is 5.99. The average Bonchev–Trinajstić information content (AvgIpc) is 2.51. The summed E-state index contributed by atoms with van der Waals surface area (Å²) in [6.45, 7) is 7.72. The summed E-state index contributed by atoms with van der Waals surface area (Å²) in [6, 6.07) is 8.86. The standard InChI is InChI=1S/C20H33N/c1-4-5-8-13-18(2)20-16-11-10-15-19(20)14-9-6-7-12-17-21-3/h10-11,15-16,21H,2,4-9,12-14,17H2,1,3H3. The molecule has 1 rings (SSSR count). The van der Waals surface area contributed by atoms with Crippen LogP contribution < -0.4 is 5.32 Å². The van der Waals surface area contributed by atoms with Gasteiger partial charge in [-0.25, -0.2) is 0 Å². The van der Waals surface area contributed by atoms with Crippen LogP contribution >= 0.6 is 0 Å². The molecule has 0 fully saturated rings. The van der Waals surface area contributed by atoms with Crippen molar-refractivity contribution < 1.29 is 0 Å². The van der Waals surface area contributed by atoms with Crippen LogP contribution in [0.15, 0.2) is 30.8 Å².